The summed E-state index contributed by atoms with van der Waals surface area (Å²) in [5.74, 6) is -0.193. The van der Waals surface area contributed by atoms with Gasteiger partial charge in [-0.25, -0.2) is 5.43 Å². The zero-order chi connectivity index (χ0) is 15.4. The average molecular weight is 351 g/mol. The number of carbonyl (C=O) groups is 1. The van der Waals surface area contributed by atoms with Gasteiger partial charge in [0, 0.05) is 15.7 Å². The van der Waals surface area contributed by atoms with Gasteiger partial charge in [0.2, 0.25) is 0 Å². The molecule has 0 saturated carbocycles. The Labute approximate surface area is 130 Å². The Bertz CT molecular complexity index is 694. The minimum absolute atomic E-state index is 0.0924. The van der Waals surface area contributed by atoms with Crippen LogP contribution in [0.2, 0.25) is 0 Å². The van der Waals surface area contributed by atoms with Crippen LogP contribution >= 0.6 is 15.9 Å². The first kappa shape index (κ1) is 15.2. The summed E-state index contributed by atoms with van der Waals surface area (Å²) < 4.78 is 2.42. The molecule has 6 nitrogen and oxygen atoms in total. The second-order valence-corrected chi connectivity index (χ2v) is 5.50. The van der Waals surface area contributed by atoms with Crippen LogP contribution in [0.1, 0.15) is 17.0 Å². The summed E-state index contributed by atoms with van der Waals surface area (Å²) in [6.45, 7) is 3.85. The number of halogens is 1. The number of aromatic nitrogens is 2. The highest BCUT2D eigenvalue weighted by Crippen LogP contribution is 2.19. The molecule has 2 aromatic rings. The fraction of sp³-hybridized carbons (Fsp3) is 0.214. The third-order valence-corrected chi connectivity index (χ3v) is 3.27. The van der Waals surface area contributed by atoms with Crippen molar-refractivity contribution >= 4 is 28.1 Å². The highest BCUT2D eigenvalue weighted by atomic mass is 79.9. The molecule has 0 bridgehead atoms. The number of hydrogen-bond acceptors (Lipinski definition) is 4. The predicted octanol–water partition coefficient (Wildman–Crippen LogP) is 2.12. The first-order valence-electron chi connectivity index (χ1n) is 6.27. The van der Waals surface area contributed by atoms with Gasteiger partial charge in [0.15, 0.2) is 0 Å². The maximum absolute atomic E-state index is 11.8. The van der Waals surface area contributed by atoms with Gasteiger partial charge < -0.3 is 5.11 Å². The molecular formula is C14H15BrN4O2. The molecular weight excluding hydrogens is 336 g/mol. The van der Waals surface area contributed by atoms with Gasteiger partial charge >= 0.3 is 0 Å². The molecule has 0 saturated heterocycles. The predicted molar refractivity (Wildman–Crippen MR) is 83.2 cm³/mol. The minimum atomic E-state index is -0.285. The zero-order valence-corrected chi connectivity index (χ0v) is 13.3. The van der Waals surface area contributed by atoms with Crippen molar-refractivity contribution in [3.8, 4) is 5.75 Å². The molecule has 1 aromatic heterocycles. The van der Waals surface area contributed by atoms with Gasteiger partial charge in [-0.1, -0.05) is 15.9 Å². The third kappa shape index (κ3) is 4.16. The lowest BCUT2D eigenvalue weighted by Gasteiger charge is -2.03. The molecule has 2 N–H and O–H groups in total. The Balaban J connectivity index is 1.96. The van der Waals surface area contributed by atoms with E-state index in [1.165, 1.54) is 6.21 Å². The van der Waals surface area contributed by atoms with E-state index >= 15 is 0 Å². The standard InChI is InChI=1S/C14H15BrN4O2/c1-9-5-10(2)19(18-9)8-14(21)17-16-7-11-6-12(15)3-4-13(11)20/h3-7,20H,8H2,1-2H3,(H,17,21)/b16-7-. The van der Waals surface area contributed by atoms with Crippen molar-refractivity contribution in [2.24, 2.45) is 5.10 Å². The SMILES string of the molecule is Cc1cc(C)n(CC(=O)N/N=C\c2cc(Br)ccc2O)n1. The Morgan fingerprint density at radius 2 is 2.24 bits per heavy atom. The molecule has 7 heteroatoms. The van der Waals surface area contributed by atoms with Crippen LogP contribution in [-0.4, -0.2) is 27.0 Å². The molecule has 0 atom stereocenters. The van der Waals surface area contributed by atoms with Crippen LogP contribution in [-0.2, 0) is 11.3 Å². The number of nitrogens with zero attached hydrogens (tertiary/aromatic N) is 3. The van der Waals surface area contributed by atoms with E-state index in [2.05, 4.69) is 31.6 Å². The molecule has 110 valence electrons. The average Bonchev–Trinajstić information content (AvgIpc) is 2.72. The van der Waals surface area contributed by atoms with Crippen LogP contribution in [0.5, 0.6) is 5.75 Å². The second kappa shape index (κ2) is 6.53. The van der Waals surface area contributed by atoms with E-state index in [0.717, 1.165) is 15.9 Å². The largest absolute Gasteiger partial charge is 0.507 e. The minimum Gasteiger partial charge on any atom is -0.507 e. The Kier molecular flexibility index (Phi) is 4.74. The van der Waals surface area contributed by atoms with Gasteiger partial charge in [-0.2, -0.15) is 10.2 Å². The van der Waals surface area contributed by atoms with Crippen LogP contribution in [0.15, 0.2) is 33.8 Å². The molecule has 1 heterocycles. The number of carbonyl (C=O) groups excluding carboxylic acids is 1. The van der Waals surface area contributed by atoms with Crippen molar-refractivity contribution < 1.29 is 9.90 Å². The number of phenolic OH excluding ortho intramolecular Hbond substituents is 1. The molecule has 0 spiro atoms. The smallest absolute Gasteiger partial charge is 0.261 e. The quantitative estimate of drug-likeness (QED) is 0.654. The number of nitrogens with one attached hydrogen (secondary N) is 1. The summed E-state index contributed by atoms with van der Waals surface area (Å²) in [5, 5.41) is 17.7. The van der Waals surface area contributed by atoms with E-state index in [4.69, 9.17) is 0 Å². The van der Waals surface area contributed by atoms with Gasteiger partial charge in [-0.3, -0.25) is 9.48 Å². The molecule has 0 aliphatic heterocycles. The van der Waals surface area contributed by atoms with E-state index in [1.54, 1.807) is 22.9 Å². The van der Waals surface area contributed by atoms with E-state index in [1.807, 2.05) is 19.9 Å². The Morgan fingerprint density at radius 1 is 1.48 bits per heavy atom. The highest BCUT2D eigenvalue weighted by molar-refractivity contribution is 9.10. The fourth-order valence-electron chi connectivity index (χ4n) is 1.81. The molecule has 0 aliphatic rings. The van der Waals surface area contributed by atoms with Gasteiger partial charge in [0.25, 0.3) is 5.91 Å². The lowest BCUT2D eigenvalue weighted by molar-refractivity contribution is -0.121. The summed E-state index contributed by atoms with van der Waals surface area (Å²) in [5.41, 5.74) is 4.69. The van der Waals surface area contributed by atoms with Crippen molar-refractivity contribution in [1.82, 2.24) is 15.2 Å². The molecule has 21 heavy (non-hydrogen) atoms. The maximum atomic E-state index is 11.8. The van der Waals surface area contributed by atoms with E-state index < -0.39 is 0 Å². The van der Waals surface area contributed by atoms with Crippen molar-refractivity contribution in [3.63, 3.8) is 0 Å². The summed E-state index contributed by atoms with van der Waals surface area (Å²) in [6.07, 6.45) is 1.39. The fourth-order valence-corrected chi connectivity index (χ4v) is 2.19. The second-order valence-electron chi connectivity index (χ2n) is 4.58. The van der Waals surface area contributed by atoms with Crippen molar-refractivity contribution in [1.29, 1.82) is 0 Å². The highest BCUT2D eigenvalue weighted by Gasteiger charge is 2.06. The molecule has 0 unspecified atom stereocenters. The van der Waals surface area contributed by atoms with Crippen LogP contribution in [0.4, 0.5) is 0 Å². The van der Waals surface area contributed by atoms with E-state index in [9.17, 15) is 9.90 Å². The number of hydrazone groups is 1. The zero-order valence-electron chi connectivity index (χ0n) is 11.7. The first-order valence-corrected chi connectivity index (χ1v) is 7.06. The van der Waals surface area contributed by atoms with Crippen LogP contribution in [0.25, 0.3) is 0 Å². The summed E-state index contributed by atoms with van der Waals surface area (Å²) in [4.78, 5) is 11.8. The first-order chi connectivity index (χ1) is 9.95. The van der Waals surface area contributed by atoms with Crippen molar-refractivity contribution in [2.45, 2.75) is 20.4 Å². The van der Waals surface area contributed by atoms with Crippen LogP contribution in [0, 0.1) is 13.8 Å². The number of benzene rings is 1. The van der Waals surface area contributed by atoms with Crippen LogP contribution in [0.3, 0.4) is 0 Å². The number of aryl methyl sites for hydroxylation is 2. The summed E-state index contributed by atoms with van der Waals surface area (Å²) >= 11 is 3.30. The molecule has 1 amide bonds. The molecule has 0 fully saturated rings. The van der Waals surface area contributed by atoms with E-state index in [0.29, 0.717) is 5.56 Å². The molecule has 0 aliphatic carbocycles. The Morgan fingerprint density at radius 3 is 2.90 bits per heavy atom. The monoisotopic (exact) mass is 350 g/mol. The lowest BCUT2D eigenvalue weighted by Crippen LogP contribution is -2.24. The number of phenols is 1. The molecule has 1 aromatic carbocycles. The number of hydrogen-bond donors (Lipinski definition) is 2. The van der Waals surface area contributed by atoms with Gasteiger partial charge in [-0.15, -0.1) is 0 Å². The topological polar surface area (TPSA) is 79.5 Å². The van der Waals surface area contributed by atoms with Crippen molar-refractivity contribution in [2.75, 3.05) is 0 Å². The van der Waals surface area contributed by atoms with Crippen molar-refractivity contribution in [3.05, 3.63) is 45.7 Å². The molecule has 2 rings (SSSR count). The van der Waals surface area contributed by atoms with Gasteiger partial charge in [-0.05, 0) is 38.1 Å². The number of aromatic hydroxyl groups is 1. The van der Waals surface area contributed by atoms with E-state index in [-0.39, 0.29) is 18.2 Å². The van der Waals surface area contributed by atoms with Crippen LogP contribution < -0.4 is 5.43 Å². The van der Waals surface area contributed by atoms with Gasteiger partial charge in [0.1, 0.15) is 12.3 Å². The number of amides is 1. The summed E-state index contributed by atoms with van der Waals surface area (Å²) in [6, 6.07) is 6.86. The number of rotatable bonds is 4. The lowest BCUT2D eigenvalue weighted by atomic mass is 10.2. The summed E-state index contributed by atoms with van der Waals surface area (Å²) in [7, 11) is 0. The maximum Gasteiger partial charge on any atom is 0.261 e. The third-order valence-electron chi connectivity index (χ3n) is 2.78. The molecule has 0 radical (unpaired) electrons. The van der Waals surface area contributed by atoms with Gasteiger partial charge in [0.05, 0.1) is 11.9 Å². The normalized spacial score (nSPS) is 11.0. The Hall–Kier alpha value is -2.15.